The Balaban J connectivity index is 1.24. The summed E-state index contributed by atoms with van der Waals surface area (Å²) in [5, 5.41) is 0. The first-order valence-corrected chi connectivity index (χ1v) is 9.85. The number of thiazole rings is 1. The Morgan fingerprint density at radius 2 is 2.35 bits per heavy atom. The summed E-state index contributed by atoms with van der Waals surface area (Å²) in [6.07, 6.45) is 5.25. The number of aromatic nitrogens is 2. The van der Waals surface area contributed by atoms with Gasteiger partial charge in [0.15, 0.2) is 0 Å². The second kappa shape index (κ2) is 6.51. The van der Waals surface area contributed by atoms with Crippen LogP contribution in [0.15, 0.2) is 30.0 Å². The number of aryl methyl sites for hydroxylation is 1. The minimum absolute atomic E-state index is 0.382. The Bertz CT molecular complexity index is 655. The molecule has 0 amide bonds. The van der Waals surface area contributed by atoms with Crippen LogP contribution >= 0.6 is 23.1 Å². The van der Waals surface area contributed by atoms with E-state index in [1.54, 1.807) is 17.5 Å². The van der Waals surface area contributed by atoms with E-state index in [1.807, 2.05) is 17.8 Å². The van der Waals surface area contributed by atoms with Gasteiger partial charge in [0.25, 0.3) is 0 Å². The van der Waals surface area contributed by atoms with Crippen LogP contribution in [0, 0.1) is 6.92 Å². The predicted octanol–water partition coefficient (Wildman–Crippen LogP) is 3.12. The molecule has 2 aliphatic heterocycles. The van der Waals surface area contributed by atoms with E-state index < -0.39 is 0 Å². The first kappa shape index (κ1) is 15.6. The highest BCUT2D eigenvalue weighted by Crippen LogP contribution is 2.46. The number of rotatable bonds is 5. The third-order valence-electron chi connectivity index (χ3n) is 4.62. The van der Waals surface area contributed by atoms with Crippen molar-refractivity contribution in [2.75, 3.05) is 18.8 Å². The summed E-state index contributed by atoms with van der Waals surface area (Å²) >= 11 is 3.87. The summed E-state index contributed by atoms with van der Waals surface area (Å²) in [5.41, 5.74) is 4.30. The number of thioether (sulfide) groups is 1. The van der Waals surface area contributed by atoms with Gasteiger partial charge in [-0.1, -0.05) is 6.07 Å². The van der Waals surface area contributed by atoms with Gasteiger partial charge in [0.1, 0.15) is 0 Å². The molecule has 0 unspecified atom stereocenters. The molecule has 0 aliphatic carbocycles. The average Bonchev–Trinajstić information content (AvgIpc) is 3.13. The molecule has 1 spiro atoms. The smallest absolute Gasteiger partial charge is 0.0798 e. The molecule has 0 saturated carbocycles. The molecule has 4 heterocycles. The van der Waals surface area contributed by atoms with Gasteiger partial charge >= 0.3 is 0 Å². The molecule has 2 fully saturated rings. The van der Waals surface area contributed by atoms with E-state index in [0.29, 0.717) is 17.5 Å². The zero-order chi connectivity index (χ0) is 15.7. The minimum atomic E-state index is 0.382. The molecule has 2 aliphatic rings. The van der Waals surface area contributed by atoms with Gasteiger partial charge in [0, 0.05) is 47.4 Å². The standard InChI is InChI=1S/C17H21N3OS2/c1-13-16(22-12-19-13)7-20-10-17(11-20)5-15(9-23-17)21-8-14-3-2-4-18-6-14/h2-4,6,12,15H,5,7-11H2,1H3/t15-/m1/s1. The monoisotopic (exact) mass is 347 g/mol. The normalized spacial score (nSPS) is 23.3. The topological polar surface area (TPSA) is 38.2 Å². The maximum absolute atomic E-state index is 6.09. The Kier molecular flexibility index (Phi) is 4.41. The lowest BCUT2D eigenvalue weighted by atomic mass is 9.93. The molecular weight excluding hydrogens is 326 g/mol. The maximum Gasteiger partial charge on any atom is 0.0798 e. The molecule has 0 bridgehead atoms. The van der Waals surface area contributed by atoms with E-state index >= 15 is 0 Å². The Morgan fingerprint density at radius 3 is 3.09 bits per heavy atom. The van der Waals surface area contributed by atoms with Crippen LogP contribution in [0.3, 0.4) is 0 Å². The lowest BCUT2D eigenvalue weighted by Crippen LogP contribution is -2.58. The summed E-state index contributed by atoms with van der Waals surface area (Å²) in [4.78, 5) is 12.4. The maximum atomic E-state index is 6.09. The molecular formula is C17H21N3OS2. The van der Waals surface area contributed by atoms with Crippen molar-refractivity contribution in [3.05, 3.63) is 46.2 Å². The summed E-state index contributed by atoms with van der Waals surface area (Å²) in [5.74, 6) is 1.12. The molecule has 4 nitrogen and oxygen atoms in total. The molecule has 0 N–H and O–H groups in total. The van der Waals surface area contributed by atoms with Crippen LogP contribution in [0.5, 0.6) is 0 Å². The number of pyridine rings is 1. The van der Waals surface area contributed by atoms with Crippen molar-refractivity contribution in [3.63, 3.8) is 0 Å². The fourth-order valence-corrected chi connectivity index (χ4v) is 5.81. The number of hydrogen-bond acceptors (Lipinski definition) is 6. The van der Waals surface area contributed by atoms with Crippen LogP contribution in [-0.2, 0) is 17.9 Å². The van der Waals surface area contributed by atoms with Gasteiger partial charge in [-0.15, -0.1) is 23.1 Å². The molecule has 23 heavy (non-hydrogen) atoms. The van der Waals surface area contributed by atoms with E-state index in [1.165, 1.54) is 30.1 Å². The average molecular weight is 348 g/mol. The van der Waals surface area contributed by atoms with Crippen molar-refractivity contribution >= 4 is 23.1 Å². The van der Waals surface area contributed by atoms with Crippen LogP contribution in [0.25, 0.3) is 0 Å². The fourth-order valence-electron chi connectivity index (χ4n) is 3.39. The molecule has 1 atom stereocenters. The quantitative estimate of drug-likeness (QED) is 0.831. The predicted molar refractivity (Wildman–Crippen MR) is 94.7 cm³/mol. The van der Waals surface area contributed by atoms with Gasteiger partial charge in [0.2, 0.25) is 0 Å². The van der Waals surface area contributed by atoms with Crippen molar-refractivity contribution in [2.24, 2.45) is 0 Å². The van der Waals surface area contributed by atoms with Gasteiger partial charge in [-0.2, -0.15) is 0 Å². The van der Waals surface area contributed by atoms with Crippen LogP contribution in [0.4, 0.5) is 0 Å². The molecule has 4 rings (SSSR count). The van der Waals surface area contributed by atoms with Crippen LogP contribution in [0.1, 0.15) is 22.6 Å². The molecule has 0 radical (unpaired) electrons. The first-order chi connectivity index (χ1) is 11.2. The molecule has 2 aromatic rings. The van der Waals surface area contributed by atoms with Crippen molar-refractivity contribution < 1.29 is 4.74 Å². The third kappa shape index (κ3) is 3.45. The summed E-state index contributed by atoms with van der Waals surface area (Å²) in [6, 6.07) is 4.04. The zero-order valence-electron chi connectivity index (χ0n) is 13.3. The summed E-state index contributed by atoms with van der Waals surface area (Å²) in [7, 11) is 0. The number of likely N-dealkylation sites (tertiary alicyclic amines) is 1. The van der Waals surface area contributed by atoms with Gasteiger partial charge in [-0.05, 0) is 25.0 Å². The third-order valence-corrected chi connectivity index (χ3v) is 7.11. The van der Waals surface area contributed by atoms with Crippen LogP contribution in [-0.4, -0.2) is 44.6 Å². The van der Waals surface area contributed by atoms with Gasteiger partial charge < -0.3 is 4.74 Å². The lowest BCUT2D eigenvalue weighted by Gasteiger charge is -2.47. The van der Waals surface area contributed by atoms with Gasteiger partial charge in [-0.25, -0.2) is 4.98 Å². The highest BCUT2D eigenvalue weighted by Gasteiger charge is 2.49. The SMILES string of the molecule is Cc1ncsc1CN1CC2(C[C@@H](OCc3cccnc3)CS2)C1. The molecule has 0 aromatic carbocycles. The summed E-state index contributed by atoms with van der Waals surface area (Å²) in [6.45, 7) is 6.20. The Hall–Kier alpha value is -0.950. The Morgan fingerprint density at radius 1 is 1.43 bits per heavy atom. The minimum Gasteiger partial charge on any atom is -0.373 e. The van der Waals surface area contributed by atoms with E-state index in [2.05, 4.69) is 39.6 Å². The van der Waals surface area contributed by atoms with E-state index in [9.17, 15) is 0 Å². The van der Waals surface area contributed by atoms with E-state index in [-0.39, 0.29) is 0 Å². The van der Waals surface area contributed by atoms with Crippen molar-refractivity contribution in [2.45, 2.75) is 37.3 Å². The molecule has 2 saturated heterocycles. The molecule has 122 valence electrons. The van der Waals surface area contributed by atoms with Crippen molar-refractivity contribution in [3.8, 4) is 0 Å². The summed E-state index contributed by atoms with van der Waals surface area (Å²) < 4.78 is 6.52. The number of hydrogen-bond donors (Lipinski definition) is 0. The van der Waals surface area contributed by atoms with Crippen LogP contribution in [0.2, 0.25) is 0 Å². The second-order valence-corrected chi connectivity index (χ2v) is 8.93. The second-order valence-electron chi connectivity index (χ2n) is 6.50. The van der Waals surface area contributed by atoms with Gasteiger partial charge in [-0.3, -0.25) is 9.88 Å². The zero-order valence-corrected chi connectivity index (χ0v) is 14.9. The lowest BCUT2D eigenvalue weighted by molar-refractivity contribution is 0.0265. The highest BCUT2D eigenvalue weighted by atomic mass is 32.2. The van der Waals surface area contributed by atoms with E-state index in [0.717, 1.165) is 17.9 Å². The van der Waals surface area contributed by atoms with Crippen molar-refractivity contribution in [1.29, 1.82) is 0 Å². The van der Waals surface area contributed by atoms with Gasteiger partial charge in [0.05, 0.1) is 23.9 Å². The Labute approximate surface area is 145 Å². The number of ether oxygens (including phenoxy) is 1. The highest BCUT2D eigenvalue weighted by molar-refractivity contribution is 8.01. The van der Waals surface area contributed by atoms with Crippen LogP contribution < -0.4 is 0 Å². The fraction of sp³-hybridized carbons (Fsp3) is 0.529. The number of nitrogens with zero attached hydrogens (tertiary/aromatic N) is 3. The van der Waals surface area contributed by atoms with Crippen molar-refractivity contribution in [1.82, 2.24) is 14.9 Å². The molecule has 6 heteroatoms. The first-order valence-electron chi connectivity index (χ1n) is 7.98. The van der Waals surface area contributed by atoms with E-state index in [4.69, 9.17) is 4.74 Å². The molecule has 2 aromatic heterocycles. The largest absolute Gasteiger partial charge is 0.373 e.